The molecule has 2 nitrogen and oxygen atoms in total. The molecule has 0 saturated heterocycles. The highest BCUT2D eigenvalue weighted by molar-refractivity contribution is 5.75. The Morgan fingerprint density at radius 3 is 1.88 bits per heavy atom. The van der Waals surface area contributed by atoms with Crippen molar-refractivity contribution >= 4 is 11.0 Å². The van der Waals surface area contributed by atoms with Crippen molar-refractivity contribution in [2.75, 3.05) is 0 Å². The van der Waals surface area contributed by atoms with E-state index in [-0.39, 0.29) is 5.92 Å². The van der Waals surface area contributed by atoms with Crippen molar-refractivity contribution < 1.29 is 8.78 Å². The molecule has 24 heavy (non-hydrogen) atoms. The number of aromatic amines is 1. The molecular formula is C20H14F2N2. The molecule has 0 amide bonds. The minimum absolute atomic E-state index is 0.133. The second kappa shape index (κ2) is 5.89. The molecule has 0 saturated carbocycles. The van der Waals surface area contributed by atoms with E-state index in [2.05, 4.69) is 9.97 Å². The van der Waals surface area contributed by atoms with Crippen LogP contribution in [-0.2, 0) is 0 Å². The monoisotopic (exact) mass is 320 g/mol. The quantitative estimate of drug-likeness (QED) is 0.564. The van der Waals surface area contributed by atoms with Gasteiger partial charge < -0.3 is 4.98 Å². The van der Waals surface area contributed by atoms with Crippen molar-refractivity contribution in [1.29, 1.82) is 0 Å². The molecule has 0 bridgehead atoms. The van der Waals surface area contributed by atoms with Crippen LogP contribution in [-0.4, -0.2) is 9.97 Å². The predicted molar refractivity (Wildman–Crippen MR) is 89.8 cm³/mol. The minimum Gasteiger partial charge on any atom is -0.341 e. The van der Waals surface area contributed by atoms with Crippen molar-refractivity contribution in [2.45, 2.75) is 5.92 Å². The van der Waals surface area contributed by atoms with Gasteiger partial charge in [-0.05, 0) is 11.1 Å². The summed E-state index contributed by atoms with van der Waals surface area (Å²) in [6.07, 6.45) is 0. The zero-order chi connectivity index (χ0) is 16.5. The summed E-state index contributed by atoms with van der Waals surface area (Å²) in [5.41, 5.74) is 3.02. The number of halogens is 2. The fourth-order valence-electron chi connectivity index (χ4n) is 2.96. The highest BCUT2D eigenvalue weighted by Gasteiger charge is 2.20. The lowest BCUT2D eigenvalue weighted by Crippen LogP contribution is -2.05. The van der Waals surface area contributed by atoms with Gasteiger partial charge in [0.2, 0.25) is 0 Å². The second-order valence-corrected chi connectivity index (χ2v) is 5.66. The molecule has 0 radical (unpaired) electrons. The summed E-state index contributed by atoms with van der Waals surface area (Å²) >= 11 is 0. The third-order valence-electron chi connectivity index (χ3n) is 4.08. The molecule has 1 heterocycles. The molecule has 0 atom stereocenters. The fraction of sp³-hybridized carbons (Fsp3) is 0.0500. The third kappa shape index (κ3) is 2.56. The molecule has 0 aliphatic heterocycles. The van der Waals surface area contributed by atoms with Crippen LogP contribution in [0.2, 0.25) is 0 Å². The molecule has 0 aliphatic rings. The van der Waals surface area contributed by atoms with Crippen LogP contribution in [0.25, 0.3) is 11.0 Å². The Morgan fingerprint density at radius 1 is 0.750 bits per heavy atom. The zero-order valence-electron chi connectivity index (χ0n) is 12.7. The maximum Gasteiger partial charge on any atom is 0.161 e. The first-order chi connectivity index (χ1) is 11.7. The van der Waals surface area contributed by atoms with Gasteiger partial charge in [-0.25, -0.2) is 13.8 Å². The van der Waals surface area contributed by atoms with Gasteiger partial charge in [-0.3, -0.25) is 0 Å². The van der Waals surface area contributed by atoms with Crippen molar-refractivity contribution in [3.63, 3.8) is 0 Å². The van der Waals surface area contributed by atoms with E-state index in [1.54, 1.807) is 0 Å². The van der Waals surface area contributed by atoms with E-state index in [0.29, 0.717) is 16.9 Å². The van der Waals surface area contributed by atoms with E-state index in [4.69, 9.17) is 0 Å². The molecule has 1 N–H and O–H groups in total. The van der Waals surface area contributed by atoms with Gasteiger partial charge in [0.15, 0.2) is 11.6 Å². The van der Waals surface area contributed by atoms with Gasteiger partial charge >= 0.3 is 0 Å². The smallest absolute Gasteiger partial charge is 0.161 e. The number of hydrogen-bond acceptors (Lipinski definition) is 1. The van der Waals surface area contributed by atoms with Gasteiger partial charge in [0.25, 0.3) is 0 Å². The summed E-state index contributed by atoms with van der Waals surface area (Å²) < 4.78 is 27.0. The number of rotatable bonds is 3. The van der Waals surface area contributed by atoms with E-state index in [9.17, 15) is 8.78 Å². The summed E-state index contributed by atoms with van der Waals surface area (Å²) in [6.45, 7) is 0. The Hall–Kier alpha value is -3.01. The molecule has 118 valence electrons. The Bertz CT molecular complexity index is 900. The number of H-pyrrole nitrogens is 1. The highest BCUT2D eigenvalue weighted by atomic mass is 19.2. The highest BCUT2D eigenvalue weighted by Crippen LogP contribution is 2.31. The standard InChI is InChI=1S/C20H14F2N2/c21-15-11-17-18(12-16(15)22)24-20(23-17)19(13-7-3-1-4-8-13)14-9-5-2-6-10-14/h1-12,19H,(H,23,24). The number of imidazole rings is 1. The van der Waals surface area contributed by atoms with Gasteiger partial charge in [0.1, 0.15) is 5.82 Å². The van der Waals surface area contributed by atoms with Crippen LogP contribution >= 0.6 is 0 Å². The van der Waals surface area contributed by atoms with Gasteiger partial charge in [0, 0.05) is 12.1 Å². The second-order valence-electron chi connectivity index (χ2n) is 5.66. The third-order valence-corrected chi connectivity index (χ3v) is 4.08. The summed E-state index contributed by atoms with van der Waals surface area (Å²) in [7, 11) is 0. The SMILES string of the molecule is Fc1cc2nc(C(c3ccccc3)c3ccccc3)[nH]c2cc1F. The normalized spacial score (nSPS) is 11.3. The molecule has 1 aromatic heterocycles. The molecule has 0 unspecified atom stereocenters. The molecule has 4 heteroatoms. The number of aromatic nitrogens is 2. The van der Waals surface area contributed by atoms with E-state index in [0.717, 1.165) is 23.3 Å². The first-order valence-corrected chi connectivity index (χ1v) is 7.67. The van der Waals surface area contributed by atoms with Gasteiger partial charge in [-0.15, -0.1) is 0 Å². The fourth-order valence-corrected chi connectivity index (χ4v) is 2.96. The summed E-state index contributed by atoms with van der Waals surface area (Å²) in [6, 6.07) is 22.1. The summed E-state index contributed by atoms with van der Waals surface area (Å²) in [5.74, 6) is -1.25. The van der Waals surface area contributed by atoms with Crippen LogP contribution < -0.4 is 0 Å². The lowest BCUT2D eigenvalue weighted by Gasteiger charge is -2.15. The van der Waals surface area contributed by atoms with Gasteiger partial charge in [-0.1, -0.05) is 60.7 Å². The van der Waals surface area contributed by atoms with Crippen LogP contribution in [0.3, 0.4) is 0 Å². The van der Waals surface area contributed by atoms with Crippen molar-refractivity contribution in [2.24, 2.45) is 0 Å². The number of benzene rings is 3. The maximum atomic E-state index is 13.5. The Balaban J connectivity index is 1.91. The number of hydrogen-bond donors (Lipinski definition) is 1. The first kappa shape index (κ1) is 14.6. The molecular weight excluding hydrogens is 306 g/mol. The molecule has 4 aromatic rings. The lowest BCUT2D eigenvalue weighted by molar-refractivity contribution is 0.510. The van der Waals surface area contributed by atoms with Crippen LogP contribution in [0.4, 0.5) is 8.78 Å². The number of nitrogens with zero attached hydrogens (tertiary/aromatic N) is 1. The zero-order valence-corrected chi connectivity index (χ0v) is 12.7. The Morgan fingerprint density at radius 2 is 1.29 bits per heavy atom. The van der Waals surface area contributed by atoms with Crippen molar-refractivity contribution in [3.8, 4) is 0 Å². The lowest BCUT2D eigenvalue weighted by atomic mass is 9.91. The molecule has 0 fully saturated rings. The van der Waals surface area contributed by atoms with Crippen LogP contribution in [0.15, 0.2) is 72.8 Å². The average molecular weight is 320 g/mol. The summed E-state index contributed by atoms with van der Waals surface area (Å²) in [4.78, 5) is 7.65. The summed E-state index contributed by atoms with van der Waals surface area (Å²) in [5, 5.41) is 0. The van der Waals surface area contributed by atoms with E-state index >= 15 is 0 Å². The number of nitrogens with one attached hydrogen (secondary N) is 1. The Labute approximate surface area is 137 Å². The number of fused-ring (bicyclic) bond motifs is 1. The predicted octanol–water partition coefficient (Wildman–Crippen LogP) is 5.02. The maximum absolute atomic E-state index is 13.5. The van der Waals surface area contributed by atoms with Crippen LogP contribution in [0.1, 0.15) is 22.9 Å². The average Bonchev–Trinajstić information content (AvgIpc) is 2.99. The van der Waals surface area contributed by atoms with Crippen LogP contribution in [0.5, 0.6) is 0 Å². The molecule has 3 aromatic carbocycles. The Kier molecular flexibility index (Phi) is 3.58. The van der Waals surface area contributed by atoms with E-state index in [1.165, 1.54) is 0 Å². The van der Waals surface area contributed by atoms with E-state index in [1.807, 2.05) is 60.7 Å². The largest absolute Gasteiger partial charge is 0.341 e. The van der Waals surface area contributed by atoms with Crippen molar-refractivity contribution in [3.05, 3.63) is 101 Å². The molecule has 0 spiro atoms. The molecule has 0 aliphatic carbocycles. The topological polar surface area (TPSA) is 28.7 Å². The van der Waals surface area contributed by atoms with Gasteiger partial charge in [0.05, 0.1) is 17.0 Å². The van der Waals surface area contributed by atoms with E-state index < -0.39 is 11.6 Å². The van der Waals surface area contributed by atoms with Gasteiger partial charge in [-0.2, -0.15) is 0 Å². The minimum atomic E-state index is -0.892. The van der Waals surface area contributed by atoms with Crippen LogP contribution in [0, 0.1) is 11.6 Å². The first-order valence-electron chi connectivity index (χ1n) is 7.67. The molecule has 4 rings (SSSR count). The van der Waals surface area contributed by atoms with Crippen molar-refractivity contribution in [1.82, 2.24) is 9.97 Å².